The molecule has 20 heavy (non-hydrogen) atoms. The first-order valence-electron chi connectivity index (χ1n) is 6.67. The number of fused-ring (bicyclic) bond motifs is 1. The Morgan fingerprint density at radius 2 is 2.20 bits per heavy atom. The molecular weight excluding hydrogens is 254 g/mol. The Morgan fingerprint density at radius 3 is 2.90 bits per heavy atom. The Morgan fingerprint density at radius 1 is 1.35 bits per heavy atom. The topological polar surface area (TPSA) is 46.8 Å². The molecule has 0 fully saturated rings. The minimum absolute atomic E-state index is 0.0172. The number of aromatic nitrogens is 2. The van der Waals surface area contributed by atoms with Gasteiger partial charge in [0.05, 0.1) is 12.8 Å². The molecule has 104 valence electrons. The number of ether oxygens (including phenoxy) is 1. The van der Waals surface area contributed by atoms with E-state index in [1.54, 1.807) is 13.3 Å². The highest BCUT2D eigenvalue weighted by Gasteiger charge is 2.19. The maximum Gasteiger partial charge on any atom is 0.274 e. The third-order valence-corrected chi connectivity index (χ3v) is 3.62. The summed E-state index contributed by atoms with van der Waals surface area (Å²) < 4.78 is 7.18. The van der Waals surface area contributed by atoms with Crippen molar-refractivity contribution in [1.82, 2.24) is 14.3 Å². The fourth-order valence-corrected chi connectivity index (χ4v) is 2.48. The molecule has 0 atom stereocenters. The van der Waals surface area contributed by atoms with Gasteiger partial charge in [-0.1, -0.05) is 12.2 Å². The second kappa shape index (κ2) is 5.00. The van der Waals surface area contributed by atoms with Gasteiger partial charge >= 0.3 is 0 Å². The lowest BCUT2D eigenvalue weighted by atomic mass is 10.2. The summed E-state index contributed by atoms with van der Waals surface area (Å²) in [5, 5.41) is 0. The number of rotatable bonds is 2. The Hall–Kier alpha value is -2.30. The molecule has 0 spiro atoms. The molecule has 0 unspecified atom stereocenters. The largest absolute Gasteiger partial charge is 0.495 e. The van der Waals surface area contributed by atoms with Gasteiger partial charge in [0.15, 0.2) is 0 Å². The molecule has 5 heteroatoms. The lowest BCUT2D eigenvalue weighted by Crippen LogP contribution is -2.33. The van der Waals surface area contributed by atoms with E-state index < -0.39 is 0 Å². The molecule has 0 aliphatic carbocycles. The molecule has 3 rings (SSSR count). The third-order valence-electron chi connectivity index (χ3n) is 3.62. The van der Waals surface area contributed by atoms with Gasteiger partial charge in [-0.05, 0) is 25.5 Å². The highest BCUT2D eigenvalue weighted by Crippen LogP contribution is 2.20. The normalized spacial score (nSPS) is 14.8. The number of hydrogen-bond acceptors (Lipinski definition) is 3. The monoisotopic (exact) mass is 271 g/mol. The molecule has 0 bridgehead atoms. The molecule has 0 radical (unpaired) electrons. The van der Waals surface area contributed by atoms with Crippen LogP contribution in [0.4, 0.5) is 0 Å². The van der Waals surface area contributed by atoms with E-state index in [2.05, 4.69) is 11.1 Å². The fraction of sp³-hybridized carbons (Fsp3) is 0.333. The minimum atomic E-state index is -0.0172. The first-order valence-corrected chi connectivity index (χ1v) is 6.67. The quantitative estimate of drug-likeness (QED) is 0.785. The number of pyridine rings is 1. The lowest BCUT2D eigenvalue weighted by Gasteiger charge is -2.22. The molecule has 2 aromatic heterocycles. The number of amides is 1. The second-order valence-corrected chi connectivity index (χ2v) is 4.85. The smallest absolute Gasteiger partial charge is 0.274 e. The summed E-state index contributed by atoms with van der Waals surface area (Å²) in [7, 11) is 1.64. The van der Waals surface area contributed by atoms with E-state index in [9.17, 15) is 4.79 Å². The van der Waals surface area contributed by atoms with Crippen LogP contribution in [0.1, 0.15) is 22.6 Å². The zero-order valence-electron chi connectivity index (χ0n) is 11.7. The van der Waals surface area contributed by atoms with Crippen molar-refractivity contribution in [2.24, 2.45) is 0 Å². The van der Waals surface area contributed by atoms with E-state index in [0.717, 1.165) is 30.1 Å². The van der Waals surface area contributed by atoms with E-state index in [0.29, 0.717) is 12.2 Å². The summed E-state index contributed by atoms with van der Waals surface area (Å²) >= 11 is 0. The Labute approximate surface area is 117 Å². The van der Waals surface area contributed by atoms with Crippen molar-refractivity contribution in [2.75, 3.05) is 20.2 Å². The molecule has 2 aromatic rings. The molecular formula is C15H17N3O2. The van der Waals surface area contributed by atoms with E-state index in [1.165, 1.54) is 0 Å². The highest BCUT2D eigenvalue weighted by molar-refractivity contribution is 5.93. The maximum absolute atomic E-state index is 12.4. The van der Waals surface area contributed by atoms with Crippen molar-refractivity contribution in [1.29, 1.82) is 0 Å². The van der Waals surface area contributed by atoms with Gasteiger partial charge in [-0.3, -0.25) is 9.20 Å². The summed E-state index contributed by atoms with van der Waals surface area (Å²) in [6.07, 6.45) is 6.81. The molecule has 1 amide bonds. The van der Waals surface area contributed by atoms with E-state index >= 15 is 0 Å². The zero-order valence-corrected chi connectivity index (χ0v) is 11.7. The van der Waals surface area contributed by atoms with Crippen LogP contribution in [0, 0.1) is 6.92 Å². The zero-order chi connectivity index (χ0) is 14.1. The molecule has 5 nitrogen and oxygen atoms in total. The number of carbonyl (C=O) groups is 1. The van der Waals surface area contributed by atoms with Crippen molar-refractivity contribution in [2.45, 2.75) is 13.3 Å². The Balaban J connectivity index is 1.98. The van der Waals surface area contributed by atoms with Crippen LogP contribution in [0.25, 0.3) is 5.65 Å². The number of carbonyl (C=O) groups excluding carboxylic acids is 1. The molecule has 3 heterocycles. The van der Waals surface area contributed by atoms with E-state index in [1.807, 2.05) is 34.4 Å². The van der Waals surface area contributed by atoms with Crippen LogP contribution in [0.5, 0.6) is 5.75 Å². The summed E-state index contributed by atoms with van der Waals surface area (Å²) in [5.41, 5.74) is 2.19. The fourth-order valence-electron chi connectivity index (χ4n) is 2.48. The minimum Gasteiger partial charge on any atom is -0.495 e. The summed E-state index contributed by atoms with van der Waals surface area (Å²) in [6.45, 7) is 3.37. The average molecular weight is 271 g/mol. The van der Waals surface area contributed by atoms with Crippen LogP contribution in [0.3, 0.4) is 0 Å². The van der Waals surface area contributed by atoms with Gasteiger partial charge in [0.2, 0.25) is 0 Å². The second-order valence-electron chi connectivity index (χ2n) is 4.85. The first-order chi connectivity index (χ1) is 9.70. The van der Waals surface area contributed by atoms with Crippen molar-refractivity contribution in [3.05, 3.63) is 41.9 Å². The number of nitrogens with zero attached hydrogens (tertiary/aromatic N) is 3. The summed E-state index contributed by atoms with van der Waals surface area (Å²) in [4.78, 5) is 18.7. The number of imidazole rings is 1. The third kappa shape index (κ3) is 2.05. The van der Waals surface area contributed by atoms with Crippen LogP contribution in [-0.2, 0) is 0 Å². The molecule has 1 aliphatic heterocycles. The van der Waals surface area contributed by atoms with Crippen LogP contribution < -0.4 is 4.74 Å². The number of aryl methyl sites for hydroxylation is 1. The SMILES string of the molecule is COc1ccc2nc(C(=O)N3CC=CCC3)cn2c1C. The van der Waals surface area contributed by atoms with Crippen molar-refractivity contribution in [3.8, 4) is 5.75 Å². The van der Waals surface area contributed by atoms with Crippen LogP contribution in [-0.4, -0.2) is 40.4 Å². The predicted octanol–water partition coefficient (Wildman–Crippen LogP) is 2.05. The van der Waals surface area contributed by atoms with Gasteiger partial charge < -0.3 is 9.64 Å². The Bertz CT molecular complexity index is 688. The molecule has 0 saturated carbocycles. The number of hydrogen-bond donors (Lipinski definition) is 0. The summed E-state index contributed by atoms with van der Waals surface area (Å²) in [5.74, 6) is 0.770. The average Bonchev–Trinajstić information content (AvgIpc) is 2.93. The van der Waals surface area contributed by atoms with Crippen molar-refractivity contribution in [3.63, 3.8) is 0 Å². The van der Waals surface area contributed by atoms with Crippen LogP contribution in [0.15, 0.2) is 30.5 Å². The van der Waals surface area contributed by atoms with Crippen molar-refractivity contribution >= 4 is 11.6 Å². The van der Waals surface area contributed by atoms with Gasteiger partial charge in [0.1, 0.15) is 17.1 Å². The molecule has 0 saturated heterocycles. The molecule has 1 aliphatic rings. The Kier molecular flexibility index (Phi) is 3.18. The predicted molar refractivity (Wildman–Crippen MR) is 76.1 cm³/mol. The van der Waals surface area contributed by atoms with Crippen LogP contribution >= 0.6 is 0 Å². The molecule has 0 N–H and O–H groups in total. The van der Waals surface area contributed by atoms with Gasteiger partial charge in [0, 0.05) is 19.3 Å². The van der Waals surface area contributed by atoms with Crippen LogP contribution in [0.2, 0.25) is 0 Å². The highest BCUT2D eigenvalue weighted by atomic mass is 16.5. The van der Waals surface area contributed by atoms with Gasteiger partial charge in [0.25, 0.3) is 5.91 Å². The number of methoxy groups -OCH3 is 1. The van der Waals surface area contributed by atoms with Crippen molar-refractivity contribution < 1.29 is 9.53 Å². The van der Waals surface area contributed by atoms with Gasteiger partial charge in [-0.15, -0.1) is 0 Å². The maximum atomic E-state index is 12.4. The van der Waals surface area contributed by atoms with E-state index in [-0.39, 0.29) is 5.91 Å². The van der Waals surface area contributed by atoms with Gasteiger partial charge in [-0.2, -0.15) is 0 Å². The molecule has 0 aromatic carbocycles. The van der Waals surface area contributed by atoms with E-state index in [4.69, 9.17) is 4.74 Å². The standard InChI is InChI=1S/C15H17N3O2/c1-11-13(20-2)6-7-14-16-12(10-18(11)14)15(19)17-8-4-3-5-9-17/h3-4,6-7,10H,5,8-9H2,1-2H3. The van der Waals surface area contributed by atoms with Gasteiger partial charge in [-0.25, -0.2) is 4.98 Å². The first kappa shape index (κ1) is 12.7. The summed E-state index contributed by atoms with van der Waals surface area (Å²) in [6, 6.07) is 3.73. The lowest BCUT2D eigenvalue weighted by molar-refractivity contribution is 0.0766.